The number of carbonyl (C=O) groups is 2. The highest BCUT2D eigenvalue weighted by Gasteiger charge is 2.32. The molecule has 2 aliphatic rings. The van der Waals surface area contributed by atoms with Crippen LogP contribution in [0.2, 0.25) is 0 Å². The van der Waals surface area contributed by atoms with Crippen LogP contribution in [-0.4, -0.2) is 29.8 Å². The number of nitrogens with one attached hydrogen (secondary N) is 1. The summed E-state index contributed by atoms with van der Waals surface area (Å²) in [4.78, 5) is 29.5. The van der Waals surface area contributed by atoms with Crippen LogP contribution in [0.5, 0.6) is 0 Å². The monoisotopic (exact) mass is 396 g/mol. The number of anilines is 1. The van der Waals surface area contributed by atoms with Crippen LogP contribution < -0.4 is 5.32 Å². The topological polar surface area (TPSA) is 49.4 Å². The van der Waals surface area contributed by atoms with Gasteiger partial charge in [-0.25, -0.2) is 0 Å². The maximum atomic E-state index is 13.4. The second-order valence-electron chi connectivity index (χ2n) is 8.35. The molecule has 4 rings (SSSR count). The quantitative estimate of drug-likeness (QED) is 0.794. The van der Waals surface area contributed by atoms with Crippen LogP contribution in [0.1, 0.15) is 64.3 Å². The molecule has 2 aromatic rings. The summed E-state index contributed by atoms with van der Waals surface area (Å²) >= 11 is 1.60. The van der Waals surface area contributed by atoms with Crippen molar-refractivity contribution in [3.8, 4) is 0 Å². The molecule has 0 bridgehead atoms. The summed E-state index contributed by atoms with van der Waals surface area (Å²) in [6.45, 7) is 6.14. The number of benzene rings is 1. The van der Waals surface area contributed by atoms with E-state index in [1.165, 1.54) is 10.4 Å². The van der Waals surface area contributed by atoms with Crippen molar-refractivity contribution in [2.75, 3.05) is 18.4 Å². The second kappa shape index (κ2) is 8.08. The number of hydrogen-bond acceptors (Lipinski definition) is 3. The van der Waals surface area contributed by atoms with E-state index in [0.717, 1.165) is 55.8 Å². The summed E-state index contributed by atoms with van der Waals surface area (Å²) in [5.74, 6) is 1.26. The van der Waals surface area contributed by atoms with E-state index in [1.54, 1.807) is 23.5 Å². The van der Waals surface area contributed by atoms with Gasteiger partial charge in [0.1, 0.15) is 5.00 Å². The van der Waals surface area contributed by atoms with Crippen LogP contribution in [0.4, 0.5) is 5.00 Å². The van der Waals surface area contributed by atoms with Crippen LogP contribution in [0, 0.1) is 11.8 Å². The zero-order chi connectivity index (χ0) is 19.7. The molecule has 1 atom stereocenters. The molecule has 0 saturated carbocycles. The second-order valence-corrected chi connectivity index (χ2v) is 9.46. The average molecular weight is 397 g/mol. The largest absolute Gasteiger partial charge is 0.339 e. The highest BCUT2D eigenvalue weighted by Crippen LogP contribution is 2.40. The lowest BCUT2D eigenvalue weighted by Gasteiger charge is -2.31. The van der Waals surface area contributed by atoms with Crippen molar-refractivity contribution in [3.05, 3.63) is 51.9 Å². The van der Waals surface area contributed by atoms with Crippen LogP contribution >= 0.6 is 11.3 Å². The van der Waals surface area contributed by atoms with E-state index in [0.29, 0.717) is 17.4 Å². The summed E-state index contributed by atoms with van der Waals surface area (Å²) in [6, 6.07) is 9.22. The van der Waals surface area contributed by atoms with Crippen LogP contribution in [0.15, 0.2) is 30.3 Å². The van der Waals surface area contributed by atoms with Crippen LogP contribution in [0.25, 0.3) is 0 Å². The van der Waals surface area contributed by atoms with E-state index in [2.05, 4.69) is 19.2 Å². The number of piperidine rings is 1. The molecule has 4 nitrogen and oxygen atoms in total. The molecular formula is C23H28N2O2S. The molecule has 5 heteroatoms. The Bertz CT molecular complexity index is 866. The van der Waals surface area contributed by atoms with Crippen molar-refractivity contribution in [3.63, 3.8) is 0 Å². The fourth-order valence-corrected chi connectivity index (χ4v) is 5.60. The van der Waals surface area contributed by atoms with Crippen molar-refractivity contribution >= 4 is 28.2 Å². The average Bonchev–Trinajstić information content (AvgIpc) is 3.05. The summed E-state index contributed by atoms with van der Waals surface area (Å²) in [5.41, 5.74) is 2.55. The van der Waals surface area contributed by atoms with Gasteiger partial charge in [0.25, 0.3) is 11.8 Å². The van der Waals surface area contributed by atoms with Gasteiger partial charge >= 0.3 is 0 Å². The minimum atomic E-state index is -0.145. The van der Waals surface area contributed by atoms with Gasteiger partial charge in [-0.05, 0) is 61.6 Å². The molecule has 1 N–H and O–H groups in total. The molecule has 2 amide bonds. The predicted molar refractivity (Wildman–Crippen MR) is 114 cm³/mol. The minimum absolute atomic E-state index is 0.0994. The maximum absolute atomic E-state index is 13.4. The molecule has 1 aromatic heterocycles. The van der Waals surface area contributed by atoms with E-state index in [-0.39, 0.29) is 11.8 Å². The first-order chi connectivity index (χ1) is 13.5. The van der Waals surface area contributed by atoms with Gasteiger partial charge in [-0.15, -0.1) is 11.3 Å². The number of rotatable bonds is 3. The van der Waals surface area contributed by atoms with Gasteiger partial charge in [-0.1, -0.05) is 32.0 Å². The zero-order valence-electron chi connectivity index (χ0n) is 16.7. The molecule has 1 fully saturated rings. The summed E-state index contributed by atoms with van der Waals surface area (Å²) in [5, 5.41) is 3.79. The van der Waals surface area contributed by atoms with Gasteiger partial charge in [0.15, 0.2) is 0 Å². The number of fused-ring (bicyclic) bond motifs is 1. The maximum Gasteiger partial charge on any atom is 0.257 e. The molecule has 0 radical (unpaired) electrons. The van der Waals surface area contributed by atoms with Gasteiger partial charge in [-0.2, -0.15) is 0 Å². The molecule has 1 aliphatic carbocycles. The fourth-order valence-electron chi connectivity index (χ4n) is 4.20. The Hall–Kier alpha value is -2.14. The Balaban J connectivity index is 1.65. The molecule has 148 valence electrons. The van der Waals surface area contributed by atoms with Crippen LogP contribution in [-0.2, 0) is 12.8 Å². The Morgan fingerprint density at radius 3 is 2.46 bits per heavy atom. The van der Waals surface area contributed by atoms with Crippen molar-refractivity contribution in [1.82, 2.24) is 4.90 Å². The van der Waals surface area contributed by atoms with E-state index in [4.69, 9.17) is 0 Å². The Kier molecular flexibility index (Phi) is 5.54. The Morgan fingerprint density at radius 2 is 1.75 bits per heavy atom. The predicted octanol–water partition coefficient (Wildman–Crippen LogP) is 5.00. The van der Waals surface area contributed by atoms with Gasteiger partial charge in [0.2, 0.25) is 0 Å². The van der Waals surface area contributed by atoms with E-state index < -0.39 is 0 Å². The normalized spacial score (nSPS) is 19.9. The first-order valence-corrected chi connectivity index (χ1v) is 11.1. The molecule has 0 unspecified atom stereocenters. The Morgan fingerprint density at radius 1 is 1.04 bits per heavy atom. The first-order valence-electron chi connectivity index (χ1n) is 10.3. The SMILES string of the molecule is CC1CCN(C(=O)c2c(NC(=O)c3ccccc3)sc3c2CC[C@H](C)C3)CC1. The third-order valence-corrected chi connectivity index (χ3v) is 7.23. The molecule has 1 aromatic carbocycles. The highest BCUT2D eigenvalue weighted by atomic mass is 32.1. The van der Waals surface area contributed by atoms with Gasteiger partial charge < -0.3 is 10.2 Å². The van der Waals surface area contributed by atoms with Gasteiger partial charge in [-0.3, -0.25) is 9.59 Å². The Labute approximate surface area is 170 Å². The highest BCUT2D eigenvalue weighted by molar-refractivity contribution is 7.17. The smallest absolute Gasteiger partial charge is 0.257 e. The minimum Gasteiger partial charge on any atom is -0.339 e. The molecule has 2 heterocycles. The number of carbonyl (C=O) groups excluding carboxylic acids is 2. The lowest BCUT2D eigenvalue weighted by Crippen LogP contribution is -2.38. The summed E-state index contributed by atoms with van der Waals surface area (Å²) in [7, 11) is 0. The molecule has 1 saturated heterocycles. The van der Waals surface area contributed by atoms with Gasteiger partial charge in [0, 0.05) is 23.5 Å². The van der Waals surface area contributed by atoms with E-state index in [1.807, 2.05) is 23.1 Å². The van der Waals surface area contributed by atoms with Crippen molar-refractivity contribution in [2.24, 2.45) is 11.8 Å². The van der Waals surface area contributed by atoms with Gasteiger partial charge in [0.05, 0.1) is 5.56 Å². The summed E-state index contributed by atoms with van der Waals surface area (Å²) in [6.07, 6.45) is 5.15. The number of amides is 2. The zero-order valence-corrected chi connectivity index (χ0v) is 17.5. The van der Waals surface area contributed by atoms with Crippen molar-refractivity contribution < 1.29 is 9.59 Å². The van der Waals surface area contributed by atoms with Crippen LogP contribution in [0.3, 0.4) is 0 Å². The molecular weight excluding hydrogens is 368 g/mol. The third kappa shape index (κ3) is 3.86. The van der Waals surface area contributed by atoms with E-state index >= 15 is 0 Å². The molecule has 0 spiro atoms. The number of likely N-dealkylation sites (tertiary alicyclic amines) is 1. The standard InChI is InChI=1S/C23H28N2O2S/c1-15-10-12-25(13-11-15)23(27)20-18-9-8-16(2)14-19(18)28-22(20)24-21(26)17-6-4-3-5-7-17/h3-7,15-16H,8-14H2,1-2H3,(H,24,26)/t16-/m0/s1. The third-order valence-electron chi connectivity index (χ3n) is 6.06. The first kappa shape index (κ1) is 19.2. The molecule has 28 heavy (non-hydrogen) atoms. The lowest BCUT2D eigenvalue weighted by molar-refractivity contribution is 0.0697. The van der Waals surface area contributed by atoms with Crippen molar-refractivity contribution in [2.45, 2.75) is 46.0 Å². The lowest BCUT2D eigenvalue weighted by atomic mass is 9.88. The summed E-state index contributed by atoms with van der Waals surface area (Å²) < 4.78 is 0. The molecule has 1 aliphatic heterocycles. The van der Waals surface area contributed by atoms with Crippen molar-refractivity contribution in [1.29, 1.82) is 0 Å². The fraction of sp³-hybridized carbons (Fsp3) is 0.478. The number of nitrogens with zero attached hydrogens (tertiary/aromatic N) is 1. The van der Waals surface area contributed by atoms with E-state index in [9.17, 15) is 9.59 Å². The number of thiophene rings is 1. The number of hydrogen-bond donors (Lipinski definition) is 1.